The van der Waals surface area contributed by atoms with Crippen molar-refractivity contribution in [3.05, 3.63) is 0 Å². The predicted octanol–water partition coefficient (Wildman–Crippen LogP) is -5.74. The molecule has 8 N–H and O–H groups in total. The standard InChI is InChI=1S/C18H32O16/c1-27-14-9(24)5(20)11(13(26)32-14)30-18-12(6(21)10(25)16(29-3)34-18)31-17-8(23)4(19)7(22)15(28-2)33-17/h4-26H,1-3H3/t4-,5+,6+,7-,8+,9-,10-,11+,12-,13+,14+,15-,16-,17-,18-/m1/s1. The second-order valence-corrected chi connectivity index (χ2v) is 7.98. The Labute approximate surface area is 193 Å². The monoisotopic (exact) mass is 504 g/mol. The third kappa shape index (κ3) is 5.37. The van der Waals surface area contributed by atoms with Crippen LogP contribution in [-0.4, -0.2) is 155 Å². The van der Waals surface area contributed by atoms with Gasteiger partial charge in [0.1, 0.15) is 54.9 Å². The van der Waals surface area contributed by atoms with Crippen LogP contribution in [0.1, 0.15) is 0 Å². The number of rotatable bonds is 7. The average Bonchev–Trinajstić information content (AvgIpc) is 2.83. The predicted molar refractivity (Wildman–Crippen MR) is 101 cm³/mol. The van der Waals surface area contributed by atoms with Crippen LogP contribution >= 0.6 is 0 Å². The van der Waals surface area contributed by atoms with E-state index in [2.05, 4.69) is 0 Å². The van der Waals surface area contributed by atoms with E-state index < -0.39 is 92.7 Å². The van der Waals surface area contributed by atoms with Gasteiger partial charge in [0.2, 0.25) is 0 Å². The van der Waals surface area contributed by atoms with Crippen LogP contribution in [-0.2, 0) is 37.9 Å². The Hall–Kier alpha value is -0.640. The van der Waals surface area contributed by atoms with E-state index in [0.717, 1.165) is 14.2 Å². The third-order valence-electron chi connectivity index (χ3n) is 5.83. The van der Waals surface area contributed by atoms with Crippen LogP contribution in [0.15, 0.2) is 0 Å². The molecule has 34 heavy (non-hydrogen) atoms. The van der Waals surface area contributed by atoms with Crippen molar-refractivity contribution in [1.82, 2.24) is 0 Å². The molecule has 0 aromatic carbocycles. The normalized spacial score (nSPS) is 52.5. The van der Waals surface area contributed by atoms with Crippen molar-refractivity contribution in [2.45, 2.75) is 92.7 Å². The molecule has 200 valence electrons. The minimum absolute atomic E-state index is 1.16. The van der Waals surface area contributed by atoms with E-state index in [4.69, 9.17) is 37.9 Å². The first-order valence-corrected chi connectivity index (χ1v) is 10.4. The fourth-order valence-electron chi connectivity index (χ4n) is 3.85. The maximum atomic E-state index is 10.6. The van der Waals surface area contributed by atoms with Gasteiger partial charge in [-0.2, -0.15) is 0 Å². The summed E-state index contributed by atoms with van der Waals surface area (Å²) in [5.41, 5.74) is 0. The summed E-state index contributed by atoms with van der Waals surface area (Å²) in [4.78, 5) is 0. The first-order valence-electron chi connectivity index (χ1n) is 10.4. The molecule has 3 aliphatic rings. The van der Waals surface area contributed by atoms with Crippen molar-refractivity contribution < 1.29 is 78.7 Å². The van der Waals surface area contributed by atoms with Crippen molar-refractivity contribution in [3.8, 4) is 0 Å². The summed E-state index contributed by atoms with van der Waals surface area (Å²) in [7, 11) is 3.50. The van der Waals surface area contributed by atoms with E-state index in [1.54, 1.807) is 0 Å². The van der Waals surface area contributed by atoms with Gasteiger partial charge in [0, 0.05) is 21.3 Å². The molecule has 0 unspecified atom stereocenters. The Morgan fingerprint density at radius 1 is 0.412 bits per heavy atom. The second kappa shape index (κ2) is 11.6. The van der Waals surface area contributed by atoms with Crippen LogP contribution in [0.5, 0.6) is 0 Å². The zero-order valence-corrected chi connectivity index (χ0v) is 18.5. The highest BCUT2D eigenvalue weighted by molar-refractivity contribution is 4.93. The summed E-state index contributed by atoms with van der Waals surface area (Å²) in [6.45, 7) is 0. The molecule has 3 rings (SSSR count). The highest BCUT2D eigenvalue weighted by Crippen LogP contribution is 2.32. The third-order valence-corrected chi connectivity index (χ3v) is 5.83. The Balaban J connectivity index is 1.82. The highest BCUT2D eigenvalue weighted by Gasteiger charge is 2.54. The number of aliphatic hydroxyl groups excluding tert-OH is 8. The molecule has 0 amide bonds. The Kier molecular flexibility index (Phi) is 9.54. The summed E-state index contributed by atoms with van der Waals surface area (Å²) < 4.78 is 41.5. The van der Waals surface area contributed by atoms with Crippen LogP contribution in [0, 0.1) is 0 Å². The first kappa shape index (κ1) is 27.9. The largest absolute Gasteiger partial charge is 0.387 e. The van der Waals surface area contributed by atoms with Crippen molar-refractivity contribution in [2.24, 2.45) is 0 Å². The maximum absolute atomic E-state index is 10.6. The van der Waals surface area contributed by atoms with Gasteiger partial charge in [-0.3, -0.25) is 0 Å². The summed E-state index contributed by atoms with van der Waals surface area (Å²) in [5, 5.41) is 81.9. The number of aliphatic hydroxyl groups is 8. The topological polar surface area (TPSA) is 236 Å². The van der Waals surface area contributed by atoms with Crippen molar-refractivity contribution in [2.75, 3.05) is 21.3 Å². The average molecular weight is 504 g/mol. The van der Waals surface area contributed by atoms with Crippen molar-refractivity contribution >= 4 is 0 Å². The van der Waals surface area contributed by atoms with E-state index in [0.29, 0.717) is 0 Å². The van der Waals surface area contributed by atoms with Crippen molar-refractivity contribution in [3.63, 3.8) is 0 Å². The van der Waals surface area contributed by atoms with Gasteiger partial charge in [-0.05, 0) is 0 Å². The zero-order valence-electron chi connectivity index (χ0n) is 18.5. The van der Waals surface area contributed by atoms with Gasteiger partial charge in [0.05, 0.1) is 0 Å². The van der Waals surface area contributed by atoms with Gasteiger partial charge in [-0.25, -0.2) is 0 Å². The van der Waals surface area contributed by atoms with Gasteiger partial charge < -0.3 is 78.7 Å². The molecule has 0 bridgehead atoms. The summed E-state index contributed by atoms with van der Waals surface area (Å²) in [6.07, 6.45) is -25.0. The molecule has 3 aliphatic heterocycles. The number of ether oxygens (including phenoxy) is 8. The van der Waals surface area contributed by atoms with Gasteiger partial charge >= 0.3 is 0 Å². The van der Waals surface area contributed by atoms with Crippen LogP contribution < -0.4 is 0 Å². The molecular weight excluding hydrogens is 472 g/mol. The van der Waals surface area contributed by atoms with E-state index in [1.807, 2.05) is 0 Å². The van der Waals surface area contributed by atoms with Gasteiger partial charge in [-0.15, -0.1) is 0 Å². The lowest BCUT2D eigenvalue weighted by Crippen LogP contribution is -2.66. The quantitative estimate of drug-likeness (QED) is 0.161. The number of hydrogen-bond donors (Lipinski definition) is 8. The lowest BCUT2D eigenvalue weighted by atomic mass is 10.0. The van der Waals surface area contributed by atoms with Gasteiger partial charge in [-0.1, -0.05) is 0 Å². The summed E-state index contributed by atoms with van der Waals surface area (Å²) >= 11 is 0. The van der Waals surface area contributed by atoms with Crippen LogP contribution in [0.4, 0.5) is 0 Å². The van der Waals surface area contributed by atoms with Gasteiger partial charge in [0.15, 0.2) is 37.7 Å². The molecule has 3 fully saturated rings. The SMILES string of the molecule is CO[C@@H]1O[C@@H](O[C@H]2[C@H](O[C@H]3[C@@H](O)[C@@H](O)[C@@H](OC)O[C@@H]3O)O[C@@H](OC)[C@H](O)[C@@H]2O)[C@@H](O)[C@H](O)[C@H]1O. The molecule has 16 nitrogen and oxygen atoms in total. The lowest BCUT2D eigenvalue weighted by Gasteiger charge is -2.47. The Morgan fingerprint density at radius 3 is 1.32 bits per heavy atom. The molecular formula is C18H32O16. The molecule has 16 heteroatoms. The number of hydrogen-bond acceptors (Lipinski definition) is 16. The minimum Gasteiger partial charge on any atom is -0.387 e. The highest BCUT2D eigenvalue weighted by atomic mass is 16.8. The van der Waals surface area contributed by atoms with Crippen LogP contribution in [0.25, 0.3) is 0 Å². The molecule has 0 spiro atoms. The number of methoxy groups -OCH3 is 3. The molecule has 0 aromatic heterocycles. The van der Waals surface area contributed by atoms with E-state index >= 15 is 0 Å². The molecule has 0 aromatic rings. The molecule has 3 heterocycles. The molecule has 0 aliphatic carbocycles. The summed E-state index contributed by atoms with van der Waals surface area (Å²) in [5.74, 6) is 0. The smallest absolute Gasteiger partial charge is 0.190 e. The molecule has 15 atom stereocenters. The molecule has 3 saturated heterocycles. The van der Waals surface area contributed by atoms with Gasteiger partial charge in [0.25, 0.3) is 0 Å². The maximum Gasteiger partial charge on any atom is 0.190 e. The fourth-order valence-corrected chi connectivity index (χ4v) is 3.85. The first-order chi connectivity index (χ1) is 16.0. The van der Waals surface area contributed by atoms with E-state index in [-0.39, 0.29) is 0 Å². The van der Waals surface area contributed by atoms with Crippen molar-refractivity contribution in [1.29, 1.82) is 0 Å². The van der Waals surface area contributed by atoms with Crippen LogP contribution in [0.2, 0.25) is 0 Å². The molecule has 0 radical (unpaired) electrons. The zero-order chi connectivity index (χ0) is 25.3. The lowest BCUT2D eigenvalue weighted by molar-refractivity contribution is -0.421. The Morgan fingerprint density at radius 2 is 0.794 bits per heavy atom. The second-order valence-electron chi connectivity index (χ2n) is 7.98. The summed E-state index contributed by atoms with van der Waals surface area (Å²) in [6, 6.07) is 0. The minimum atomic E-state index is -1.83. The fraction of sp³-hybridized carbons (Fsp3) is 1.00. The van der Waals surface area contributed by atoms with E-state index in [1.165, 1.54) is 7.11 Å². The molecule has 0 saturated carbocycles. The van der Waals surface area contributed by atoms with Crippen LogP contribution in [0.3, 0.4) is 0 Å². The Bertz CT molecular complexity index is 639. The van der Waals surface area contributed by atoms with E-state index in [9.17, 15) is 40.9 Å².